The molecule has 2 aliphatic heterocycles. The predicted octanol–water partition coefficient (Wildman–Crippen LogP) is -1.03. The van der Waals surface area contributed by atoms with Crippen molar-refractivity contribution in [2.24, 2.45) is 11.8 Å². The largest absolute Gasteiger partial charge is 0.379 e. The van der Waals surface area contributed by atoms with Gasteiger partial charge >= 0.3 is 0 Å². The van der Waals surface area contributed by atoms with Gasteiger partial charge in [-0.1, -0.05) is 27.7 Å². The number of nitrogens with zero attached hydrogens (tertiary/aromatic N) is 1. The number of carbonyl (C=O) groups is 5. The Kier molecular flexibility index (Phi) is 11.9. The average Bonchev–Trinajstić information content (AvgIpc) is 3.58. The maximum atomic E-state index is 12.8. The number of morpholine rings is 1. The lowest BCUT2D eigenvalue weighted by atomic mass is 9.93. The number of Topliss-reactive ketones (excluding diaryl/α,β-unsaturated/α-hetero) is 1. The van der Waals surface area contributed by atoms with E-state index in [1.165, 1.54) is 0 Å². The molecule has 2 aliphatic rings. The molecule has 0 radical (unpaired) electrons. The minimum absolute atomic E-state index is 0.0908. The Morgan fingerprint density at radius 1 is 0.811 bits per heavy atom. The molecular formula is C25H43N5O7. The van der Waals surface area contributed by atoms with Crippen LogP contribution in [0.15, 0.2) is 0 Å². The first kappa shape index (κ1) is 30.7. The topological polar surface area (TPSA) is 158 Å². The van der Waals surface area contributed by atoms with Crippen LogP contribution in [0.4, 0.5) is 0 Å². The second kappa shape index (κ2) is 14.4. The summed E-state index contributed by atoms with van der Waals surface area (Å²) < 4.78 is 10.5. The summed E-state index contributed by atoms with van der Waals surface area (Å²) in [7, 11) is 0. The number of hydrogen-bond acceptors (Lipinski definition) is 8. The fourth-order valence-corrected chi connectivity index (χ4v) is 4.00. The lowest BCUT2D eigenvalue weighted by Gasteiger charge is -2.25. The summed E-state index contributed by atoms with van der Waals surface area (Å²) in [5.41, 5.74) is -0.861. The number of amides is 4. The predicted molar refractivity (Wildman–Crippen MR) is 135 cm³/mol. The van der Waals surface area contributed by atoms with Crippen molar-refractivity contribution in [1.82, 2.24) is 26.2 Å². The molecule has 37 heavy (non-hydrogen) atoms. The van der Waals surface area contributed by atoms with Crippen molar-refractivity contribution in [3.05, 3.63) is 0 Å². The third kappa shape index (κ3) is 11.1. The molecule has 2 rings (SSSR count). The first-order valence-corrected chi connectivity index (χ1v) is 13.0. The lowest BCUT2D eigenvalue weighted by molar-refractivity contribution is -0.132. The second-order valence-electron chi connectivity index (χ2n) is 10.8. The van der Waals surface area contributed by atoms with E-state index in [4.69, 9.17) is 9.47 Å². The number of hydrogen-bond donors (Lipinski definition) is 4. The number of ether oxygens (including phenoxy) is 2. The van der Waals surface area contributed by atoms with Gasteiger partial charge in [0.2, 0.25) is 23.6 Å². The summed E-state index contributed by atoms with van der Waals surface area (Å²) in [5.74, 6) is -1.71. The molecule has 4 N–H and O–H groups in total. The van der Waals surface area contributed by atoms with Gasteiger partial charge in [-0.15, -0.1) is 0 Å². The summed E-state index contributed by atoms with van der Waals surface area (Å²) in [4.78, 5) is 64.5. The zero-order chi connectivity index (χ0) is 27.6. The molecule has 2 saturated heterocycles. The Morgan fingerprint density at radius 2 is 1.32 bits per heavy atom. The molecule has 0 aromatic heterocycles. The van der Waals surface area contributed by atoms with Crippen LogP contribution in [-0.4, -0.2) is 105 Å². The SMILES string of the molecule is CC(C)CC(NC(=O)CNC(=O)CN1CCOCC1)C(=O)NCC(=O)N[C@@H](CC(C)C)C(=O)[C@@]1(C)CO1. The number of ketones is 1. The summed E-state index contributed by atoms with van der Waals surface area (Å²) in [6.07, 6.45) is 0.811. The van der Waals surface area contributed by atoms with Crippen LogP contribution in [-0.2, 0) is 33.4 Å². The molecule has 2 fully saturated rings. The van der Waals surface area contributed by atoms with E-state index in [0.29, 0.717) is 45.8 Å². The van der Waals surface area contributed by atoms with Gasteiger partial charge in [0.25, 0.3) is 0 Å². The van der Waals surface area contributed by atoms with Crippen LogP contribution in [0.5, 0.6) is 0 Å². The number of nitrogens with one attached hydrogen (secondary N) is 4. The highest BCUT2D eigenvalue weighted by atomic mass is 16.6. The van der Waals surface area contributed by atoms with Crippen LogP contribution >= 0.6 is 0 Å². The number of carbonyl (C=O) groups excluding carboxylic acids is 5. The molecule has 0 bridgehead atoms. The fourth-order valence-electron chi connectivity index (χ4n) is 4.00. The van der Waals surface area contributed by atoms with Gasteiger partial charge in [0.1, 0.15) is 11.6 Å². The molecule has 0 aromatic rings. The van der Waals surface area contributed by atoms with E-state index in [1.54, 1.807) is 6.92 Å². The molecule has 1 unspecified atom stereocenters. The van der Waals surface area contributed by atoms with E-state index in [0.717, 1.165) is 0 Å². The van der Waals surface area contributed by atoms with Crippen molar-refractivity contribution in [2.75, 3.05) is 52.5 Å². The number of rotatable bonds is 15. The van der Waals surface area contributed by atoms with Gasteiger partial charge < -0.3 is 30.7 Å². The van der Waals surface area contributed by atoms with Gasteiger partial charge in [-0.05, 0) is 31.6 Å². The lowest BCUT2D eigenvalue weighted by Crippen LogP contribution is -2.53. The van der Waals surface area contributed by atoms with Crippen LogP contribution in [0.2, 0.25) is 0 Å². The average molecular weight is 526 g/mol. The van der Waals surface area contributed by atoms with E-state index in [2.05, 4.69) is 21.3 Å². The first-order chi connectivity index (χ1) is 17.4. The van der Waals surface area contributed by atoms with E-state index in [-0.39, 0.29) is 43.2 Å². The molecular weight excluding hydrogens is 482 g/mol. The maximum absolute atomic E-state index is 12.8. The quantitative estimate of drug-likeness (QED) is 0.198. The third-order valence-electron chi connectivity index (χ3n) is 6.16. The highest BCUT2D eigenvalue weighted by Gasteiger charge is 2.50. The van der Waals surface area contributed by atoms with E-state index >= 15 is 0 Å². The monoisotopic (exact) mass is 525 g/mol. The van der Waals surface area contributed by atoms with Gasteiger partial charge in [0.15, 0.2) is 5.78 Å². The molecule has 12 nitrogen and oxygen atoms in total. The van der Waals surface area contributed by atoms with Crippen LogP contribution in [0.3, 0.4) is 0 Å². The van der Waals surface area contributed by atoms with Crippen molar-refractivity contribution in [3.8, 4) is 0 Å². The smallest absolute Gasteiger partial charge is 0.243 e. The number of epoxide rings is 1. The molecule has 0 aromatic carbocycles. The summed E-state index contributed by atoms with van der Waals surface area (Å²) >= 11 is 0. The van der Waals surface area contributed by atoms with Gasteiger partial charge in [0.05, 0.1) is 45.5 Å². The Balaban J connectivity index is 1.81. The van der Waals surface area contributed by atoms with Gasteiger partial charge in [-0.3, -0.25) is 28.9 Å². The first-order valence-electron chi connectivity index (χ1n) is 13.0. The fraction of sp³-hybridized carbons (Fsp3) is 0.800. The molecule has 2 heterocycles. The third-order valence-corrected chi connectivity index (χ3v) is 6.16. The summed E-state index contributed by atoms with van der Waals surface area (Å²) in [6, 6.07) is -1.58. The van der Waals surface area contributed by atoms with Crippen molar-refractivity contribution in [2.45, 2.75) is 65.1 Å². The second-order valence-corrected chi connectivity index (χ2v) is 10.8. The van der Waals surface area contributed by atoms with Crippen LogP contribution in [0.1, 0.15) is 47.5 Å². The zero-order valence-corrected chi connectivity index (χ0v) is 22.7. The zero-order valence-electron chi connectivity index (χ0n) is 22.7. The van der Waals surface area contributed by atoms with E-state index in [1.807, 2.05) is 32.6 Å². The molecule has 210 valence electrons. The molecule has 12 heteroatoms. The van der Waals surface area contributed by atoms with Crippen molar-refractivity contribution in [1.29, 1.82) is 0 Å². The van der Waals surface area contributed by atoms with E-state index in [9.17, 15) is 24.0 Å². The van der Waals surface area contributed by atoms with Gasteiger partial charge in [-0.25, -0.2) is 0 Å². The summed E-state index contributed by atoms with van der Waals surface area (Å²) in [5, 5.41) is 10.5. The molecule has 0 aliphatic carbocycles. The highest BCUT2D eigenvalue weighted by Crippen LogP contribution is 2.29. The van der Waals surface area contributed by atoms with Gasteiger partial charge in [-0.2, -0.15) is 0 Å². The van der Waals surface area contributed by atoms with Crippen LogP contribution in [0, 0.1) is 11.8 Å². The van der Waals surface area contributed by atoms with Crippen molar-refractivity contribution >= 4 is 29.4 Å². The molecule has 0 spiro atoms. The Hall–Kier alpha value is -2.57. The minimum Gasteiger partial charge on any atom is -0.379 e. The maximum Gasteiger partial charge on any atom is 0.243 e. The Bertz CT molecular complexity index is 822. The van der Waals surface area contributed by atoms with Crippen molar-refractivity contribution in [3.63, 3.8) is 0 Å². The van der Waals surface area contributed by atoms with Crippen molar-refractivity contribution < 1.29 is 33.4 Å². The normalized spacial score (nSPS) is 21.2. The minimum atomic E-state index is -0.872. The van der Waals surface area contributed by atoms with E-state index < -0.39 is 35.4 Å². The standard InChI is InChI=1S/C25H43N5O7/c1-16(2)10-18(23(34)25(5)15-37-25)28-21(32)13-27-24(35)19(11-17(3)4)29-20(31)12-26-22(33)14-30-6-8-36-9-7-30/h16-19H,6-15H2,1-5H3,(H,26,33)(H,27,35)(H,28,32)(H,29,31)/t18-,19?,25+/m0/s1. The Morgan fingerprint density at radius 3 is 1.86 bits per heavy atom. The molecule has 3 atom stereocenters. The van der Waals surface area contributed by atoms with Gasteiger partial charge in [0, 0.05) is 13.1 Å². The van der Waals surface area contributed by atoms with Crippen LogP contribution < -0.4 is 21.3 Å². The van der Waals surface area contributed by atoms with Crippen LogP contribution in [0.25, 0.3) is 0 Å². The summed E-state index contributed by atoms with van der Waals surface area (Å²) in [6.45, 7) is 11.8. The Labute approximate surface area is 218 Å². The molecule has 0 saturated carbocycles. The highest BCUT2D eigenvalue weighted by molar-refractivity contribution is 5.97. The molecule has 4 amide bonds.